The van der Waals surface area contributed by atoms with Gasteiger partial charge in [-0.15, -0.1) is 0 Å². The summed E-state index contributed by atoms with van der Waals surface area (Å²) in [5.74, 6) is 0.657. The van der Waals surface area contributed by atoms with E-state index in [1.54, 1.807) is 44.2 Å². The summed E-state index contributed by atoms with van der Waals surface area (Å²) in [4.78, 5) is 24.9. The quantitative estimate of drug-likeness (QED) is 0.575. The van der Waals surface area contributed by atoms with Crippen molar-refractivity contribution in [2.45, 2.75) is 38.0 Å². The van der Waals surface area contributed by atoms with E-state index in [1.807, 2.05) is 0 Å². The molecule has 2 aromatic carbocycles. The second-order valence-corrected chi connectivity index (χ2v) is 9.23. The summed E-state index contributed by atoms with van der Waals surface area (Å²) in [5, 5.41) is 2.70. The summed E-state index contributed by atoms with van der Waals surface area (Å²) in [6.07, 6.45) is 0.827. The fourth-order valence-electron chi connectivity index (χ4n) is 3.35. The van der Waals surface area contributed by atoms with Crippen molar-refractivity contribution in [3.05, 3.63) is 48.0 Å². The maximum absolute atomic E-state index is 12.5. The summed E-state index contributed by atoms with van der Waals surface area (Å²) in [5.41, 5.74) is 0.935. The van der Waals surface area contributed by atoms with Gasteiger partial charge in [0.1, 0.15) is 0 Å². The zero-order valence-corrected chi connectivity index (χ0v) is 19.1. The molecule has 0 fully saturated rings. The Labute approximate surface area is 188 Å². The summed E-state index contributed by atoms with van der Waals surface area (Å²) in [7, 11) is -3.55. The van der Waals surface area contributed by atoms with Crippen molar-refractivity contribution in [3.8, 4) is 11.5 Å². The van der Waals surface area contributed by atoms with Gasteiger partial charge in [0, 0.05) is 43.6 Å². The van der Waals surface area contributed by atoms with E-state index in [1.165, 1.54) is 16.4 Å². The van der Waals surface area contributed by atoms with Crippen LogP contribution in [-0.4, -0.2) is 50.7 Å². The van der Waals surface area contributed by atoms with Gasteiger partial charge in [-0.1, -0.05) is 13.8 Å². The Kier molecular flexibility index (Phi) is 7.87. The second kappa shape index (κ2) is 10.6. The van der Waals surface area contributed by atoms with Gasteiger partial charge in [-0.2, -0.15) is 4.31 Å². The molecule has 0 unspecified atom stereocenters. The standard InChI is InChI=1S/C23H28N2O6S/c1-3-25(4-2)32(28,29)19-9-7-18(8-10-19)24-23(27)13-11-20(26)17-6-12-21-22(16-17)31-15-5-14-30-21/h6-10,12,16H,3-5,11,13-15H2,1-2H3,(H,24,27). The first kappa shape index (κ1) is 23.7. The lowest BCUT2D eigenvalue weighted by Crippen LogP contribution is -2.30. The summed E-state index contributed by atoms with van der Waals surface area (Å²) >= 11 is 0. The molecule has 0 spiro atoms. The van der Waals surface area contributed by atoms with Crippen LogP contribution in [0, 0.1) is 0 Å². The maximum atomic E-state index is 12.5. The average molecular weight is 461 g/mol. The maximum Gasteiger partial charge on any atom is 0.243 e. The number of amides is 1. The Morgan fingerprint density at radius 1 is 0.938 bits per heavy atom. The van der Waals surface area contributed by atoms with E-state index in [-0.39, 0.29) is 29.4 Å². The number of benzene rings is 2. The number of anilines is 1. The van der Waals surface area contributed by atoms with E-state index >= 15 is 0 Å². The van der Waals surface area contributed by atoms with Crippen molar-refractivity contribution >= 4 is 27.4 Å². The van der Waals surface area contributed by atoms with E-state index < -0.39 is 10.0 Å². The molecule has 0 radical (unpaired) electrons. The third kappa shape index (κ3) is 5.66. The molecule has 8 nitrogen and oxygen atoms in total. The fraction of sp³-hybridized carbons (Fsp3) is 0.391. The number of ether oxygens (including phenoxy) is 2. The van der Waals surface area contributed by atoms with E-state index in [2.05, 4.69) is 5.32 Å². The monoisotopic (exact) mass is 460 g/mol. The number of nitrogens with zero attached hydrogens (tertiary/aromatic N) is 1. The number of Topliss-reactive ketones (excluding diaryl/α,β-unsaturated/α-hetero) is 1. The number of hydrogen-bond donors (Lipinski definition) is 1. The zero-order valence-electron chi connectivity index (χ0n) is 18.3. The van der Waals surface area contributed by atoms with Gasteiger partial charge in [-0.25, -0.2) is 8.42 Å². The first-order valence-corrected chi connectivity index (χ1v) is 12.1. The van der Waals surface area contributed by atoms with Crippen LogP contribution in [0.1, 0.15) is 43.5 Å². The first-order valence-electron chi connectivity index (χ1n) is 10.7. The Morgan fingerprint density at radius 2 is 1.59 bits per heavy atom. The third-order valence-corrected chi connectivity index (χ3v) is 7.19. The molecule has 172 valence electrons. The van der Waals surface area contributed by atoms with E-state index in [9.17, 15) is 18.0 Å². The molecular weight excluding hydrogens is 432 g/mol. The highest BCUT2D eigenvalue weighted by molar-refractivity contribution is 7.89. The lowest BCUT2D eigenvalue weighted by atomic mass is 10.1. The smallest absolute Gasteiger partial charge is 0.243 e. The van der Waals surface area contributed by atoms with Gasteiger partial charge in [0.05, 0.1) is 18.1 Å². The van der Waals surface area contributed by atoms with Crippen LogP contribution in [0.25, 0.3) is 0 Å². The lowest BCUT2D eigenvalue weighted by Gasteiger charge is -2.18. The number of sulfonamides is 1. The Hall–Kier alpha value is -2.91. The molecule has 9 heteroatoms. The molecule has 0 aliphatic carbocycles. The number of hydrogen-bond acceptors (Lipinski definition) is 6. The Bertz CT molecular complexity index is 1060. The molecule has 1 aliphatic heterocycles. The highest BCUT2D eigenvalue weighted by atomic mass is 32.2. The molecule has 0 saturated carbocycles. The first-order chi connectivity index (χ1) is 15.3. The van der Waals surface area contributed by atoms with Crippen LogP contribution in [0.15, 0.2) is 47.4 Å². The Balaban J connectivity index is 1.56. The van der Waals surface area contributed by atoms with Gasteiger partial charge in [-0.3, -0.25) is 9.59 Å². The molecule has 0 aromatic heterocycles. The zero-order chi connectivity index (χ0) is 23.1. The molecule has 2 aromatic rings. The summed E-state index contributed by atoms with van der Waals surface area (Å²) in [6, 6.07) is 11.0. The molecule has 3 rings (SSSR count). The van der Waals surface area contributed by atoms with Crippen LogP contribution >= 0.6 is 0 Å². The van der Waals surface area contributed by atoms with Crippen molar-refractivity contribution in [1.29, 1.82) is 0 Å². The van der Waals surface area contributed by atoms with Crippen LogP contribution in [0.4, 0.5) is 5.69 Å². The normalized spacial score (nSPS) is 13.5. The Morgan fingerprint density at radius 3 is 2.25 bits per heavy atom. The molecule has 1 heterocycles. The van der Waals surface area contributed by atoms with Gasteiger partial charge in [-0.05, 0) is 42.5 Å². The van der Waals surface area contributed by atoms with E-state index in [0.717, 1.165) is 6.42 Å². The highest BCUT2D eigenvalue weighted by Crippen LogP contribution is 2.31. The number of fused-ring (bicyclic) bond motifs is 1. The van der Waals surface area contributed by atoms with E-state index in [0.29, 0.717) is 49.1 Å². The largest absolute Gasteiger partial charge is 0.490 e. The van der Waals surface area contributed by atoms with Crippen LogP contribution in [0.5, 0.6) is 11.5 Å². The highest BCUT2D eigenvalue weighted by Gasteiger charge is 2.21. The number of carbonyl (C=O) groups excluding carboxylic acids is 2. The minimum absolute atomic E-state index is 0.00672. The molecule has 1 N–H and O–H groups in total. The number of nitrogens with one attached hydrogen (secondary N) is 1. The second-order valence-electron chi connectivity index (χ2n) is 7.30. The summed E-state index contributed by atoms with van der Waals surface area (Å²) < 4.78 is 37.6. The molecule has 32 heavy (non-hydrogen) atoms. The summed E-state index contributed by atoms with van der Waals surface area (Å²) in [6.45, 7) is 5.43. The molecule has 0 bridgehead atoms. The van der Waals surface area contributed by atoms with Crippen LogP contribution in [0.3, 0.4) is 0 Å². The predicted molar refractivity (Wildman–Crippen MR) is 121 cm³/mol. The molecule has 1 aliphatic rings. The topological polar surface area (TPSA) is 102 Å². The van der Waals surface area contributed by atoms with Crippen LogP contribution in [0.2, 0.25) is 0 Å². The van der Waals surface area contributed by atoms with Gasteiger partial charge < -0.3 is 14.8 Å². The van der Waals surface area contributed by atoms with Crippen LogP contribution < -0.4 is 14.8 Å². The number of carbonyl (C=O) groups is 2. The van der Waals surface area contributed by atoms with Crippen LogP contribution in [-0.2, 0) is 14.8 Å². The average Bonchev–Trinajstić information content (AvgIpc) is 3.03. The van der Waals surface area contributed by atoms with Gasteiger partial charge >= 0.3 is 0 Å². The number of ketones is 1. The minimum atomic E-state index is -3.55. The third-order valence-electron chi connectivity index (χ3n) is 5.13. The molecule has 0 atom stereocenters. The fourth-order valence-corrected chi connectivity index (χ4v) is 4.81. The van der Waals surface area contributed by atoms with E-state index in [4.69, 9.17) is 9.47 Å². The van der Waals surface area contributed by atoms with Crippen molar-refractivity contribution in [3.63, 3.8) is 0 Å². The molecular formula is C23H28N2O6S. The number of rotatable bonds is 9. The van der Waals surface area contributed by atoms with Gasteiger partial charge in [0.15, 0.2) is 17.3 Å². The van der Waals surface area contributed by atoms with Crippen molar-refractivity contribution < 1.29 is 27.5 Å². The molecule has 1 amide bonds. The molecule has 0 saturated heterocycles. The van der Waals surface area contributed by atoms with Gasteiger partial charge in [0.2, 0.25) is 15.9 Å². The lowest BCUT2D eigenvalue weighted by molar-refractivity contribution is -0.116. The van der Waals surface area contributed by atoms with Gasteiger partial charge in [0.25, 0.3) is 0 Å². The minimum Gasteiger partial charge on any atom is -0.490 e. The SMILES string of the molecule is CCN(CC)S(=O)(=O)c1ccc(NC(=O)CCC(=O)c2ccc3c(c2)OCCCO3)cc1. The van der Waals surface area contributed by atoms with Crippen molar-refractivity contribution in [2.24, 2.45) is 0 Å². The van der Waals surface area contributed by atoms with Crippen molar-refractivity contribution in [1.82, 2.24) is 4.31 Å². The van der Waals surface area contributed by atoms with Crippen molar-refractivity contribution in [2.75, 3.05) is 31.6 Å². The predicted octanol–water partition coefficient (Wildman–Crippen LogP) is 3.48.